The Balaban J connectivity index is 1.62. The van der Waals surface area contributed by atoms with Crippen LogP contribution in [0.15, 0.2) is 65.7 Å². The second kappa shape index (κ2) is 12.0. The third kappa shape index (κ3) is 6.24. The standard InChI is InChI=1S/C28H31N5O4/c1-4-5-14-29-26-25-23(15-24(32-26)30-16-19-8-12-22(36-2)13-9-19)31-18-33(27(25)34)17-20-6-10-21(11-7-20)28(35)37-3/h6-13,15,18H,4-5,14,16-17H2,1-3H3,(H2,29,30,32). The molecule has 4 aromatic rings. The number of nitrogens with one attached hydrogen (secondary N) is 2. The van der Waals surface area contributed by atoms with Gasteiger partial charge in [0.1, 0.15) is 22.8 Å². The summed E-state index contributed by atoms with van der Waals surface area (Å²) in [6, 6.07) is 16.6. The Labute approximate surface area is 215 Å². The van der Waals surface area contributed by atoms with E-state index in [-0.39, 0.29) is 5.56 Å². The third-order valence-corrected chi connectivity index (χ3v) is 5.99. The fraction of sp³-hybridized carbons (Fsp3) is 0.286. The molecule has 0 aliphatic heterocycles. The molecule has 0 unspecified atom stereocenters. The van der Waals surface area contributed by atoms with Gasteiger partial charge in [-0.2, -0.15) is 0 Å². The first-order chi connectivity index (χ1) is 18.0. The van der Waals surface area contributed by atoms with E-state index in [0.717, 1.165) is 29.7 Å². The molecule has 0 saturated heterocycles. The van der Waals surface area contributed by atoms with Gasteiger partial charge in [0.05, 0.1) is 38.2 Å². The van der Waals surface area contributed by atoms with Crippen molar-refractivity contribution in [1.29, 1.82) is 0 Å². The summed E-state index contributed by atoms with van der Waals surface area (Å²) in [5.41, 5.74) is 2.77. The monoisotopic (exact) mass is 501 g/mol. The quantitative estimate of drug-likeness (QED) is 0.229. The molecule has 0 bridgehead atoms. The van der Waals surface area contributed by atoms with Gasteiger partial charge in [-0.05, 0) is 41.8 Å². The minimum Gasteiger partial charge on any atom is -0.497 e. The molecule has 192 valence electrons. The number of carbonyl (C=O) groups excluding carboxylic acids is 1. The zero-order valence-electron chi connectivity index (χ0n) is 21.3. The molecule has 37 heavy (non-hydrogen) atoms. The van der Waals surface area contributed by atoms with Gasteiger partial charge < -0.3 is 20.1 Å². The summed E-state index contributed by atoms with van der Waals surface area (Å²) in [5, 5.41) is 7.11. The predicted octanol–water partition coefficient (Wildman–Crippen LogP) is 4.46. The first-order valence-corrected chi connectivity index (χ1v) is 12.2. The van der Waals surface area contributed by atoms with E-state index in [1.807, 2.05) is 24.3 Å². The Bertz CT molecular complexity index is 1420. The van der Waals surface area contributed by atoms with Gasteiger partial charge in [0.15, 0.2) is 0 Å². The van der Waals surface area contributed by atoms with Crippen LogP contribution >= 0.6 is 0 Å². The van der Waals surface area contributed by atoms with Gasteiger partial charge in [-0.15, -0.1) is 0 Å². The number of hydrogen-bond acceptors (Lipinski definition) is 8. The van der Waals surface area contributed by atoms with Crippen molar-refractivity contribution in [1.82, 2.24) is 14.5 Å². The second-order valence-corrected chi connectivity index (χ2v) is 8.60. The highest BCUT2D eigenvalue weighted by molar-refractivity contribution is 5.90. The number of esters is 1. The molecule has 0 fully saturated rings. The zero-order chi connectivity index (χ0) is 26.2. The summed E-state index contributed by atoms with van der Waals surface area (Å²) < 4.78 is 11.5. The molecular formula is C28H31N5O4. The molecule has 0 aliphatic carbocycles. The molecule has 0 atom stereocenters. The van der Waals surface area contributed by atoms with Gasteiger partial charge in [0.25, 0.3) is 5.56 Å². The lowest BCUT2D eigenvalue weighted by Gasteiger charge is -2.14. The molecule has 2 N–H and O–H groups in total. The van der Waals surface area contributed by atoms with Gasteiger partial charge in [-0.25, -0.2) is 14.8 Å². The number of methoxy groups -OCH3 is 2. The second-order valence-electron chi connectivity index (χ2n) is 8.60. The molecule has 9 heteroatoms. The zero-order valence-corrected chi connectivity index (χ0v) is 21.3. The van der Waals surface area contributed by atoms with Crippen LogP contribution in [0.5, 0.6) is 5.75 Å². The van der Waals surface area contributed by atoms with Crippen molar-refractivity contribution >= 4 is 28.5 Å². The Kier molecular flexibility index (Phi) is 8.35. The number of anilines is 2. The van der Waals surface area contributed by atoms with Gasteiger partial charge in [0, 0.05) is 19.2 Å². The minimum absolute atomic E-state index is 0.185. The fourth-order valence-corrected chi connectivity index (χ4v) is 3.88. The van der Waals surface area contributed by atoms with Crippen LogP contribution in [-0.2, 0) is 17.8 Å². The van der Waals surface area contributed by atoms with Gasteiger partial charge in [0.2, 0.25) is 0 Å². The summed E-state index contributed by atoms with van der Waals surface area (Å²) in [5.74, 6) is 1.54. The number of hydrogen-bond donors (Lipinski definition) is 2. The van der Waals surface area contributed by atoms with Crippen molar-refractivity contribution in [2.75, 3.05) is 31.4 Å². The van der Waals surface area contributed by atoms with Crippen molar-refractivity contribution in [3.05, 3.63) is 88.0 Å². The Morgan fingerprint density at radius 1 is 1.00 bits per heavy atom. The maximum absolute atomic E-state index is 13.5. The molecular weight excluding hydrogens is 470 g/mol. The van der Waals surface area contributed by atoms with E-state index in [9.17, 15) is 9.59 Å². The van der Waals surface area contributed by atoms with Crippen molar-refractivity contribution in [3.8, 4) is 5.75 Å². The van der Waals surface area contributed by atoms with Crippen LogP contribution in [0, 0.1) is 0 Å². The van der Waals surface area contributed by atoms with Crippen LogP contribution in [-0.4, -0.2) is 41.3 Å². The lowest BCUT2D eigenvalue weighted by atomic mass is 10.1. The summed E-state index contributed by atoms with van der Waals surface area (Å²) >= 11 is 0. The summed E-state index contributed by atoms with van der Waals surface area (Å²) in [6.07, 6.45) is 3.51. The first-order valence-electron chi connectivity index (χ1n) is 12.2. The van der Waals surface area contributed by atoms with E-state index in [1.165, 1.54) is 7.11 Å². The lowest BCUT2D eigenvalue weighted by Crippen LogP contribution is -2.23. The van der Waals surface area contributed by atoms with Crippen molar-refractivity contribution < 1.29 is 14.3 Å². The normalized spacial score (nSPS) is 10.8. The summed E-state index contributed by atoms with van der Waals surface area (Å²) in [7, 11) is 2.98. The van der Waals surface area contributed by atoms with E-state index in [2.05, 4.69) is 22.5 Å². The molecule has 2 aromatic heterocycles. The number of nitrogens with zero attached hydrogens (tertiary/aromatic N) is 3. The van der Waals surface area contributed by atoms with Gasteiger partial charge in [-0.3, -0.25) is 9.36 Å². The van der Waals surface area contributed by atoms with Crippen molar-refractivity contribution in [2.24, 2.45) is 0 Å². The van der Waals surface area contributed by atoms with Crippen molar-refractivity contribution in [2.45, 2.75) is 32.9 Å². The van der Waals surface area contributed by atoms with E-state index in [4.69, 9.17) is 14.5 Å². The van der Waals surface area contributed by atoms with E-state index in [1.54, 1.807) is 48.3 Å². The number of benzene rings is 2. The van der Waals surface area contributed by atoms with Crippen molar-refractivity contribution in [3.63, 3.8) is 0 Å². The molecule has 0 saturated carbocycles. The lowest BCUT2D eigenvalue weighted by molar-refractivity contribution is 0.0600. The van der Waals surface area contributed by atoms with Crippen LogP contribution in [0.25, 0.3) is 10.9 Å². The molecule has 2 aromatic carbocycles. The highest BCUT2D eigenvalue weighted by Crippen LogP contribution is 2.22. The molecule has 0 radical (unpaired) electrons. The smallest absolute Gasteiger partial charge is 0.337 e. The molecule has 4 rings (SSSR count). The van der Waals surface area contributed by atoms with Crippen LogP contribution in [0.3, 0.4) is 0 Å². The highest BCUT2D eigenvalue weighted by atomic mass is 16.5. The Hall–Kier alpha value is -4.40. The van der Waals surface area contributed by atoms with Crippen LogP contribution in [0.4, 0.5) is 11.6 Å². The number of rotatable bonds is 11. The molecule has 9 nitrogen and oxygen atoms in total. The van der Waals surface area contributed by atoms with Crippen LogP contribution < -0.4 is 20.9 Å². The predicted molar refractivity (Wildman–Crippen MR) is 144 cm³/mol. The molecule has 2 heterocycles. The minimum atomic E-state index is -0.402. The number of fused-ring (bicyclic) bond motifs is 1. The Morgan fingerprint density at radius 3 is 2.41 bits per heavy atom. The average molecular weight is 502 g/mol. The van der Waals surface area contributed by atoms with E-state index < -0.39 is 5.97 Å². The highest BCUT2D eigenvalue weighted by Gasteiger charge is 2.14. The topological polar surface area (TPSA) is 107 Å². The number of pyridine rings is 1. The summed E-state index contributed by atoms with van der Waals surface area (Å²) in [6.45, 7) is 3.69. The van der Waals surface area contributed by atoms with Gasteiger partial charge >= 0.3 is 5.97 Å². The maximum atomic E-state index is 13.5. The fourth-order valence-electron chi connectivity index (χ4n) is 3.88. The largest absolute Gasteiger partial charge is 0.497 e. The van der Waals surface area contributed by atoms with Crippen LogP contribution in [0.1, 0.15) is 41.3 Å². The Morgan fingerprint density at radius 2 is 1.73 bits per heavy atom. The summed E-state index contributed by atoms with van der Waals surface area (Å²) in [4.78, 5) is 34.5. The molecule has 0 spiro atoms. The van der Waals surface area contributed by atoms with E-state index >= 15 is 0 Å². The van der Waals surface area contributed by atoms with E-state index in [0.29, 0.717) is 47.7 Å². The maximum Gasteiger partial charge on any atom is 0.337 e. The molecule has 0 amide bonds. The average Bonchev–Trinajstić information content (AvgIpc) is 2.93. The number of ether oxygens (including phenoxy) is 2. The van der Waals surface area contributed by atoms with Crippen LogP contribution in [0.2, 0.25) is 0 Å². The third-order valence-electron chi connectivity index (χ3n) is 5.99. The first kappa shape index (κ1) is 25.7. The van der Waals surface area contributed by atoms with Gasteiger partial charge in [-0.1, -0.05) is 37.6 Å². The number of carbonyl (C=O) groups is 1. The number of unbranched alkanes of at least 4 members (excludes halogenated alkanes) is 1. The molecule has 0 aliphatic rings. The SMILES string of the molecule is CCCCNc1nc(NCc2ccc(OC)cc2)cc2ncn(Cc3ccc(C(=O)OC)cc3)c(=O)c12. The number of aromatic nitrogens is 3.